The lowest BCUT2D eigenvalue weighted by atomic mass is 10.2. The number of sulfonamides is 1. The largest absolute Gasteiger partial charge is 0.489 e. The highest BCUT2D eigenvalue weighted by Crippen LogP contribution is 2.24. The van der Waals surface area contributed by atoms with Crippen LogP contribution in [-0.2, 0) is 14.8 Å². The number of para-hydroxylation sites is 1. The first-order valence-electron chi connectivity index (χ1n) is 8.56. The predicted octanol–water partition coefficient (Wildman–Crippen LogP) is 3.43. The normalized spacial score (nSPS) is 12.1. The molecule has 0 aliphatic heterocycles. The highest BCUT2D eigenvalue weighted by atomic mass is 32.2. The van der Waals surface area contributed by atoms with E-state index in [1.165, 1.54) is 0 Å². The molecule has 27 heavy (non-hydrogen) atoms. The standard InChI is InChI=1S/C20H24N2O4S/c1-4-14-26-18-13-9-10-16(15-18)21-20(23)19(5-2)22(27(3,24)25)17-11-7-6-8-12-17/h4,6-13,15,19H,1,5,14H2,2-3H3,(H,21,23)/t19-/m1/s1. The second-order valence-electron chi connectivity index (χ2n) is 5.94. The number of nitrogens with zero attached hydrogens (tertiary/aromatic N) is 1. The van der Waals surface area contributed by atoms with Gasteiger partial charge in [-0.1, -0.05) is 43.8 Å². The number of benzene rings is 2. The third-order valence-electron chi connectivity index (χ3n) is 3.81. The molecule has 0 aliphatic carbocycles. The van der Waals surface area contributed by atoms with E-state index in [4.69, 9.17) is 4.74 Å². The van der Waals surface area contributed by atoms with Crippen LogP contribution in [0.1, 0.15) is 13.3 Å². The molecule has 0 aliphatic rings. The van der Waals surface area contributed by atoms with Crippen LogP contribution in [-0.4, -0.2) is 33.2 Å². The zero-order valence-electron chi connectivity index (χ0n) is 15.5. The number of carbonyl (C=O) groups excluding carboxylic acids is 1. The summed E-state index contributed by atoms with van der Waals surface area (Å²) in [5.74, 6) is 0.177. The molecule has 0 saturated carbocycles. The molecule has 1 atom stereocenters. The van der Waals surface area contributed by atoms with Gasteiger partial charge < -0.3 is 10.1 Å². The molecule has 144 valence electrons. The van der Waals surface area contributed by atoms with Crippen molar-refractivity contribution in [3.8, 4) is 5.75 Å². The maximum atomic E-state index is 12.9. The van der Waals surface area contributed by atoms with Crippen LogP contribution in [0, 0.1) is 0 Å². The molecule has 0 aromatic heterocycles. The third-order valence-corrected chi connectivity index (χ3v) is 4.99. The Labute approximate surface area is 160 Å². The molecule has 2 aromatic rings. The fraction of sp³-hybridized carbons (Fsp3) is 0.250. The van der Waals surface area contributed by atoms with Gasteiger partial charge in [-0.25, -0.2) is 8.42 Å². The van der Waals surface area contributed by atoms with Gasteiger partial charge in [0.25, 0.3) is 0 Å². The van der Waals surface area contributed by atoms with E-state index in [1.54, 1.807) is 67.6 Å². The maximum Gasteiger partial charge on any atom is 0.248 e. The van der Waals surface area contributed by atoms with Crippen LogP contribution < -0.4 is 14.4 Å². The van der Waals surface area contributed by atoms with Crippen molar-refractivity contribution < 1.29 is 17.9 Å². The number of hydrogen-bond donors (Lipinski definition) is 1. The van der Waals surface area contributed by atoms with Crippen LogP contribution in [0.2, 0.25) is 0 Å². The van der Waals surface area contributed by atoms with Crippen molar-refractivity contribution in [3.05, 3.63) is 67.3 Å². The highest BCUT2D eigenvalue weighted by molar-refractivity contribution is 7.92. The Balaban J connectivity index is 2.27. The summed E-state index contributed by atoms with van der Waals surface area (Å²) in [6.45, 7) is 5.72. The van der Waals surface area contributed by atoms with Crippen LogP contribution in [0.3, 0.4) is 0 Å². The van der Waals surface area contributed by atoms with E-state index in [9.17, 15) is 13.2 Å². The summed E-state index contributed by atoms with van der Waals surface area (Å²) < 4.78 is 31.4. The van der Waals surface area contributed by atoms with Crippen LogP contribution in [0.15, 0.2) is 67.3 Å². The summed E-state index contributed by atoms with van der Waals surface area (Å²) in [5.41, 5.74) is 0.978. The third kappa shape index (κ3) is 5.59. The molecule has 6 nitrogen and oxygen atoms in total. The molecule has 0 heterocycles. The lowest BCUT2D eigenvalue weighted by molar-refractivity contribution is -0.117. The lowest BCUT2D eigenvalue weighted by Crippen LogP contribution is -2.46. The van der Waals surface area contributed by atoms with E-state index in [2.05, 4.69) is 11.9 Å². The fourth-order valence-electron chi connectivity index (χ4n) is 2.68. The van der Waals surface area contributed by atoms with Crippen LogP contribution in [0.25, 0.3) is 0 Å². The Hall–Kier alpha value is -2.80. The van der Waals surface area contributed by atoms with Crippen LogP contribution in [0.5, 0.6) is 5.75 Å². The van der Waals surface area contributed by atoms with Gasteiger partial charge in [-0.3, -0.25) is 9.10 Å². The molecule has 7 heteroatoms. The first-order chi connectivity index (χ1) is 12.9. The molecular weight excluding hydrogens is 364 g/mol. The van der Waals surface area contributed by atoms with Crippen molar-refractivity contribution in [1.29, 1.82) is 0 Å². The minimum atomic E-state index is -3.65. The lowest BCUT2D eigenvalue weighted by Gasteiger charge is -2.30. The molecule has 2 aromatic carbocycles. The molecule has 1 N–H and O–H groups in total. The quantitative estimate of drug-likeness (QED) is 0.668. The number of rotatable bonds is 9. The zero-order valence-corrected chi connectivity index (χ0v) is 16.3. The Kier molecular flexibility index (Phi) is 7.01. The molecule has 1 amide bonds. The average Bonchev–Trinajstić information content (AvgIpc) is 2.64. The van der Waals surface area contributed by atoms with E-state index in [1.807, 2.05) is 0 Å². The molecule has 0 fully saturated rings. The minimum absolute atomic E-state index is 0.320. The van der Waals surface area contributed by atoms with Gasteiger partial charge >= 0.3 is 0 Å². The maximum absolute atomic E-state index is 12.9. The van der Waals surface area contributed by atoms with Gasteiger partial charge in [-0.15, -0.1) is 0 Å². The van der Waals surface area contributed by atoms with Crippen molar-refractivity contribution in [1.82, 2.24) is 0 Å². The summed E-state index contributed by atoms with van der Waals surface area (Å²) in [6, 6.07) is 14.6. The highest BCUT2D eigenvalue weighted by Gasteiger charge is 2.31. The number of carbonyl (C=O) groups is 1. The number of amides is 1. The van der Waals surface area contributed by atoms with E-state index in [-0.39, 0.29) is 0 Å². The SMILES string of the molecule is C=CCOc1cccc(NC(=O)[C@@H](CC)N(c2ccccc2)S(C)(=O)=O)c1. The van der Waals surface area contributed by atoms with E-state index in [0.717, 1.165) is 10.6 Å². The molecule has 0 spiro atoms. The molecule has 0 saturated heterocycles. The van der Waals surface area contributed by atoms with Crippen LogP contribution in [0.4, 0.5) is 11.4 Å². The number of hydrogen-bond acceptors (Lipinski definition) is 4. The Bertz CT molecular complexity index is 882. The van der Waals surface area contributed by atoms with Gasteiger partial charge in [0.1, 0.15) is 18.4 Å². The Morgan fingerprint density at radius 2 is 1.93 bits per heavy atom. The first kappa shape index (κ1) is 20.5. The Morgan fingerprint density at radius 1 is 1.22 bits per heavy atom. The summed E-state index contributed by atoms with van der Waals surface area (Å²) >= 11 is 0. The van der Waals surface area contributed by atoms with Gasteiger partial charge in [-0.2, -0.15) is 0 Å². The molecule has 0 unspecified atom stereocenters. The number of anilines is 2. The van der Waals surface area contributed by atoms with Crippen molar-refractivity contribution in [2.24, 2.45) is 0 Å². The molecular formula is C20H24N2O4S. The van der Waals surface area contributed by atoms with Crippen molar-refractivity contribution in [2.75, 3.05) is 22.5 Å². The summed E-state index contributed by atoms with van der Waals surface area (Å²) in [7, 11) is -3.65. The van der Waals surface area contributed by atoms with Crippen LogP contribution >= 0.6 is 0 Å². The Morgan fingerprint density at radius 3 is 2.52 bits per heavy atom. The van der Waals surface area contributed by atoms with Crippen molar-refractivity contribution in [3.63, 3.8) is 0 Å². The van der Waals surface area contributed by atoms with Crippen molar-refractivity contribution in [2.45, 2.75) is 19.4 Å². The monoisotopic (exact) mass is 388 g/mol. The van der Waals surface area contributed by atoms with Gasteiger partial charge in [0, 0.05) is 11.8 Å². The summed E-state index contributed by atoms with van der Waals surface area (Å²) in [5, 5.41) is 2.78. The second kappa shape index (κ2) is 9.23. The second-order valence-corrected chi connectivity index (χ2v) is 7.79. The number of ether oxygens (including phenoxy) is 1. The fourth-order valence-corrected chi connectivity index (χ4v) is 3.89. The smallest absolute Gasteiger partial charge is 0.248 e. The van der Waals surface area contributed by atoms with Gasteiger partial charge in [-0.05, 0) is 30.7 Å². The van der Waals surface area contributed by atoms with E-state index >= 15 is 0 Å². The predicted molar refractivity (Wildman–Crippen MR) is 109 cm³/mol. The molecule has 0 bridgehead atoms. The first-order valence-corrected chi connectivity index (χ1v) is 10.4. The van der Waals surface area contributed by atoms with Gasteiger partial charge in [0.2, 0.25) is 15.9 Å². The number of nitrogens with one attached hydrogen (secondary N) is 1. The summed E-state index contributed by atoms with van der Waals surface area (Å²) in [6.07, 6.45) is 3.04. The zero-order chi connectivity index (χ0) is 19.9. The average molecular weight is 388 g/mol. The minimum Gasteiger partial charge on any atom is -0.489 e. The summed E-state index contributed by atoms with van der Waals surface area (Å²) in [4.78, 5) is 12.9. The molecule has 2 rings (SSSR count). The molecule has 0 radical (unpaired) electrons. The van der Waals surface area contributed by atoms with Gasteiger partial charge in [0.15, 0.2) is 0 Å². The van der Waals surface area contributed by atoms with E-state index in [0.29, 0.717) is 30.2 Å². The van der Waals surface area contributed by atoms with E-state index < -0.39 is 22.0 Å². The van der Waals surface area contributed by atoms with Crippen molar-refractivity contribution >= 4 is 27.3 Å². The van der Waals surface area contributed by atoms with Gasteiger partial charge in [0.05, 0.1) is 11.9 Å². The topological polar surface area (TPSA) is 75.7 Å².